The van der Waals surface area contributed by atoms with Crippen molar-refractivity contribution in [2.24, 2.45) is 0 Å². The Hall–Kier alpha value is -3.99. The summed E-state index contributed by atoms with van der Waals surface area (Å²) in [6.07, 6.45) is -2.80. The fourth-order valence-corrected chi connectivity index (χ4v) is 2.97. The molecular formula is C22H21F3N6O2. The third-order valence-corrected chi connectivity index (χ3v) is 4.64. The lowest BCUT2D eigenvalue weighted by Gasteiger charge is -2.14. The second-order valence-corrected chi connectivity index (χ2v) is 6.97. The summed E-state index contributed by atoms with van der Waals surface area (Å²) in [5.74, 6) is -0.244. The van der Waals surface area contributed by atoms with Gasteiger partial charge in [-0.05, 0) is 36.8 Å². The third-order valence-electron chi connectivity index (χ3n) is 4.64. The van der Waals surface area contributed by atoms with Gasteiger partial charge in [-0.3, -0.25) is 10.2 Å². The van der Waals surface area contributed by atoms with Gasteiger partial charge in [-0.25, -0.2) is 9.97 Å². The number of carbonyl (C=O) groups is 1. The van der Waals surface area contributed by atoms with Crippen LogP contribution < -0.4 is 16.4 Å². The molecule has 33 heavy (non-hydrogen) atoms. The van der Waals surface area contributed by atoms with Crippen molar-refractivity contribution < 1.29 is 23.1 Å². The van der Waals surface area contributed by atoms with Gasteiger partial charge < -0.3 is 21.5 Å². The van der Waals surface area contributed by atoms with E-state index in [1.54, 1.807) is 12.1 Å². The maximum Gasteiger partial charge on any atom is 0.416 e. The van der Waals surface area contributed by atoms with Crippen LogP contribution in [-0.2, 0) is 6.18 Å². The molecule has 0 saturated heterocycles. The standard InChI is InChI=1S/C22H21F3N6O2/c23-22(24,25)15-4-1-3-14(11-15)21(33)31-16-7-5-13(6-8-16)18(26)17-19(27)29-12-30-20(17)28-9-2-10-32/h1,3-8,11-12,26,32H,2,9-10H2,(H,31,33)(H3,27,28,29,30). The van der Waals surface area contributed by atoms with Gasteiger partial charge in [-0.2, -0.15) is 13.2 Å². The Balaban J connectivity index is 1.76. The van der Waals surface area contributed by atoms with Crippen LogP contribution in [0.2, 0.25) is 0 Å². The molecule has 0 unspecified atom stereocenters. The van der Waals surface area contributed by atoms with E-state index in [1.807, 2.05) is 0 Å². The van der Waals surface area contributed by atoms with E-state index in [1.165, 1.54) is 30.6 Å². The van der Waals surface area contributed by atoms with Crippen LogP contribution in [0.4, 0.5) is 30.5 Å². The van der Waals surface area contributed by atoms with Crippen LogP contribution in [-0.4, -0.2) is 39.8 Å². The monoisotopic (exact) mass is 458 g/mol. The third kappa shape index (κ3) is 5.83. The van der Waals surface area contributed by atoms with Crippen LogP contribution in [0.15, 0.2) is 54.9 Å². The fraction of sp³-hybridized carbons (Fsp3) is 0.182. The molecule has 172 valence electrons. The van der Waals surface area contributed by atoms with Crippen LogP contribution in [0.3, 0.4) is 0 Å². The molecule has 0 spiro atoms. The SMILES string of the molecule is N=C(c1ccc(NC(=O)c2cccc(C(F)(F)F)c2)cc1)c1c(N)ncnc1NCCCO. The van der Waals surface area contributed by atoms with Gasteiger partial charge in [0.25, 0.3) is 5.91 Å². The van der Waals surface area contributed by atoms with E-state index in [2.05, 4.69) is 20.6 Å². The molecule has 0 aliphatic rings. The zero-order valence-electron chi connectivity index (χ0n) is 17.3. The molecule has 1 heterocycles. The normalized spacial score (nSPS) is 11.2. The van der Waals surface area contributed by atoms with Crippen LogP contribution in [0, 0.1) is 5.41 Å². The van der Waals surface area contributed by atoms with Crippen molar-refractivity contribution in [2.45, 2.75) is 12.6 Å². The second kappa shape index (κ2) is 10.1. The highest BCUT2D eigenvalue weighted by Gasteiger charge is 2.30. The molecule has 0 aliphatic heterocycles. The zero-order chi connectivity index (χ0) is 24.0. The first-order chi connectivity index (χ1) is 15.7. The van der Waals surface area contributed by atoms with Gasteiger partial charge in [0, 0.05) is 30.0 Å². The number of aliphatic hydroxyl groups is 1. The predicted octanol–water partition coefficient (Wildman–Crippen LogP) is 3.54. The number of carbonyl (C=O) groups excluding carboxylic acids is 1. The van der Waals surface area contributed by atoms with Crippen molar-refractivity contribution in [3.8, 4) is 0 Å². The molecule has 0 bridgehead atoms. The smallest absolute Gasteiger partial charge is 0.396 e. The molecule has 0 atom stereocenters. The van der Waals surface area contributed by atoms with E-state index < -0.39 is 17.6 Å². The van der Waals surface area contributed by atoms with Gasteiger partial charge in [-0.15, -0.1) is 0 Å². The lowest BCUT2D eigenvalue weighted by molar-refractivity contribution is -0.137. The van der Waals surface area contributed by atoms with Gasteiger partial charge in [0.05, 0.1) is 16.8 Å². The Morgan fingerprint density at radius 2 is 1.82 bits per heavy atom. The number of nitrogens with zero attached hydrogens (tertiary/aromatic N) is 2. The minimum atomic E-state index is -4.55. The zero-order valence-corrected chi connectivity index (χ0v) is 17.3. The molecular weight excluding hydrogens is 437 g/mol. The first kappa shape index (κ1) is 23.7. The molecule has 1 amide bonds. The summed E-state index contributed by atoms with van der Waals surface area (Å²) in [5, 5.41) is 23.0. The second-order valence-electron chi connectivity index (χ2n) is 6.97. The van der Waals surface area contributed by atoms with Crippen LogP contribution in [0.25, 0.3) is 0 Å². The number of aliphatic hydroxyl groups excluding tert-OH is 1. The summed E-state index contributed by atoms with van der Waals surface area (Å²) in [5.41, 5.74) is 6.03. The molecule has 0 radical (unpaired) electrons. The lowest BCUT2D eigenvalue weighted by Crippen LogP contribution is -2.15. The van der Waals surface area contributed by atoms with E-state index in [4.69, 9.17) is 16.2 Å². The fourth-order valence-electron chi connectivity index (χ4n) is 2.97. The number of anilines is 3. The highest BCUT2D eigenvalue weighted by molar-refractivity contribution is 6.16. The minimum Gasteiger partial charge on any atom is -0.396 e. The van der Waals surface area contributed by atoms with Crippen molar-refractivity contribution in [1.29, 1.82) is 5.41 Å². The number of aromatic nitrogens is 2. The summed E-state index contributed by atoms with van der Waals surface area (Å²) >= 11 is 0. The first-order valence-corrected chi connectivity index (χ1v) is 9.84. The lowest BCUT2D eigenvalue weighted by atomic mass is 10.0. The molecule has 1 aromatic heterocycles. The maximum absolute atomic E-state index is 12.9. The predicted molar refractivity (Wildman–Crippen MR) is 118 cm³/mol. The minimum absolute atomic E-state index is 0.00593. The van der Waals surface area contributed by atoms with Crippen molar-refractivity contribution in [1.82, 2.24) is 9.97 Å². The molecule has 2 aromatic carbocycles. The largest absolute Gasteiger partial charge is 0.416 e. The molecule has 8 nitrogen and oxygen atoms in total. The van der Waals surface area contributed by atoms with Gasteiger partial charge in [0.2, 0.25) is 0 Å². The van der Waals surface area contributed by atoms with Gasteiger partial charge in [0.15, 0.2) is 0 Å². The number of rotatable bonds is 8. The Morgan fingerprint density at radius 3 is 2.48 bits per heavy atom. The van der Waals surface area contributed by atoms with E-state index in [0.29, 0.717) is 30.0 Å². The average Bonchev–Trinajstić information content (AvgIpc) is 2.79. The Kier molecular flexibility index (Phi) is 7.23. The average molecular weight is 458 g/mol. The van der Waals surface area contributed by atoms with Gasteiger partial charge in [-0.1, -0.05) is 18.2 Å². The highest BCUT2D eigenvalue weighted by Crippen LogP contribution is 2.29. The number of halogens is 3. The molecule has 3 rings (SSSR count). The number of amides is 1. The van der Waals surface area contributed by atoms with Crippen LogP contribution in [0.5, 0.6) is 0 Å². The number of nitrogens with two attached hydrogens (primary N) is 1. The number of hydrogen-bond donors (Lipinski definition) is 5. The van der Waals surface area contributed by atoms with Crippen molar-refractivity contribution >= 4 is 28.9 Å². The Morgan fingerprint density at radius 1 is 1.09 bits per heavy atom. The molecule has 11 heteroatoms. The van der Waals surface area contributed by atoms with Crippen molar-refractivity contribution in [2.75, 3.05) is 29.5 Å². The molecule has 3 aromatic rings. The number of benzene rings is 2. The Bertz CT molecular complexity index is 1150. The summed E-state index contributed by atoms with van der Waals surface area (Å²) in [7, 11) is 0. The summed E-state index contributed by atoms with van der Waals surface area (Å²) in [6.45, 7) is 0.418. The first-order valence-electron chi connectivity index (χ1n) is 9.84. The van der Waals surface area contributed by atoms with E-state index in [9.17, 15) is 18.0 Å². The van der Waals surface area contributed by atoms with Crippen LogP contribution >= 0.6 is 0 Å². The summed E-state index contributed by atoms with van der Waals surface area (Å²) in [6, 6.07) is 10.3. The number of alkyl halides is 3. The highest BCUT2D eigenvalue weighted by atomic mass is 19.4. The number of nitrogens with one attached hydrogen (secondary N) is 3. The summed E-state index contributed by atoms with van der Waals surface area (Å²) < 4.78 is 38.6. The van der Waals surface area contributed by atoms with Crippen LogP contribution in [0.1, 0.15) is 33.5 Å². The van der Waals surface area contributed by atoms with Gasteiger partial charge in [0.1, 0.15) is 18.0 Å². The van der Waals surface area contributed by atoms with Gasteiger partial charge >= 0.3 is 6.18 Å². The number of nitrogen functional groups attached to an aromatic ring is 1. The van der Waals surface area contributed by atoms with E-state index in [-0.39, 0.29) is 29.3 Å². The molecule has 6 N–H and O–H groups in total. The number of hydrogen-bond acceptors (Lipinski definition) is 7. The van der Waals surface area contributed by atoms with Crippen molar-refractivity contribution in [3.63, 3.8) is 0 Å². The quantitative estimate of drug-likeness (QED) is 0.259. The molecule has 0 aliphatic carbocycles. The van der Waals surface area contributed by atoms with E-state index >= 15 is 0 Å². The Labute approximate surface area is 187 Å². The maximum atomic E-state index is 12.9. The summed E-state index contributed by atoms with van der Waals surface area (Å²) in [4.78, 5) is 20.4. The van der Waals surface area contributed by atoms with Crippen molar-refractivity contribution in [3.05, 3.63) is 77.1 Å². The molecule has 0 saturated carbocycles. The van der Waals surface area contributed by atoms with E-state index in [0.717, 1.165) is 12.1 Å². The molecule has 0 fully saturated rings. The topological polar surface area (TPSA) is 137 Å².